The third kappa shape index (κ3) is 3.19. The fraction of sp³-hybridized carbons (Fsp3) is 0. The molecule has 41 heavy (non-hydrogen) atoms. The second kappa shape index (κ2) is 8.47. The highest BCUT2D eigenvalue weighted by Gasteiger charge is 2.25. The van der Waals surface area contributed by atoms with Gasteiger partial charge in [-0.3, -0.25) is 4.99 Å². The molecular weight excluding hydrogens is 520 g/mol. The van der Waals surface area contributed by atoms with Gasteiger partial charge in [-0.25, -0.2) is 0 Å². The number of aliphatic imine (C=N–C) groups is 1. The van der Waals surface area contributed by atoms with Crippen molar-refractivity contribution in [2.75, 3.05) is 0 Å². The molecule has 9 rings (SSSR count). The third-order valence-corrected chi connectivity index (χ3v) is 8.76. The van der Waals surface area contributed by atoms with Crippen molar-refractivity contribution in [1.29, 1.82) is 0 Å². The molecule has 8 aromatic rings. The number of hydrogen-bond donors (Lipinski definition) is 1. The molecule has 6 aromatic carbocycles. The summed E-state index contributed by atoms with van der Waals surface area (Å²) in [6, 6.07) is 42.5. The summed E-state index contributed by atoms with van der Waals surface area (Å²) in [5.74, 6) is 0. The van der Waals surface area contributed by atoms with E-state index in [1.165, 1.54) is 27.1 Å². The Morgan fingerprint density at radius 1 is 0.585 bits per heavy atom. The molecule has 0 fully saturated rings. The van der Waals surface area contributed by atoms with Crippen molar-refractivity contribution in [1.82, 2.24) is 4.57 Å². The van der Waals surface area contributed by atoms with Crippen LogP contribution in [0.1, 0.15) is 16.7 Å². The first kappa shape index (κ1) is 22.7. The second-order valence-electron chi connectivity index (χ2n) is 10.5. The molecule has 0 saturated heterocycles. The Kier molecular flexibility index (Phi) is 4.69. The van der Waals surface area contributed by atoms with E-state index in [-0.39, 0.29) is 0 Å². The van der Waals surface area contributed by atoms with Crippen molar-refractivity contribution in [3.63, 3.8) is 0 Å². The predicted octanol–water partition coefficient (Wildman–Crippen LogP) is 10.0. The Hall–Kier alpha value is -5.06. The van der Waals surface area contributed by atoms with Crippen LogP contribution in [0.2, 0.25) is 0 Å². The Labute approximate surface area is 241 Å². The molecule has 0 spiro atoms. The maximum Gasteiger partial charge on any atom is 0.137 e. The molecule has 4 heteroatoms. The molecule has 0 N–H and O–H groups in total. The predicted molar refractivity (Wildman–Crippen MR) is 175 cm³/mol. The van der Waals surface area contributed by atoms with Crippen molar-refractivity contribution < 1.29 is 4.42 Å². The number of furan rings is 1. The molecule has 1 aliphatic carbocycles. The number of para-hydroxylation sites is 2. The van der Waals surface area contributed by atoms with Crippen LogP contribution >= 0.6 is 12.6 Å². The van der Waals surface area contributed by atoms with Crippen LogP contribution in [-0.2, 0) is 0 Å². The van der Waals surface area contributed by atoms with Gasteiger partial charge in [0.25, 0.3) is 0 Å². The SMILES string of the molecule is SC1=C(N=Cc2ccccc2)c2ccc(-n3c4ccccc4c4cc5c(cc43)oc3ccccc35)c3cccc1c23. The van der Waals surface area contributed by atoms with Gasteiger partial charge in [0, 0.05) is 55.1 Å². The highest BCUT2D eigenvalue weighted by molar-refractivity contribution is 7.91. The summed E-state index contributed by atoms with van der Waals surface area (Å²) in [6.07, 6.45) is 1.92. The topological polar surface area (TPSA) is 30.4 Å². The maximum atomic E-state index is 6.33. The van der Waals surface area contributed by atoms with E-state index in [9.17, 15) is 0 Å². The van der Waals surface area contributed by atoms with Crippen molar-refractivity contribution in [2.24, 2.45) is 4.99 Å². The van der Waals surface area contributed by atoms with Crippen molar-refractivity contribution >= 4 is 84.0 Å². The lowest BCUT2D eigenvalue weighted by Gasteiger charge is -2.13. The van der Waals surface area contributed by atoms with Crippen LogP contribution in [0.15, 0.2) is 131 Å². The number of aromatic nitrogens is 1. The van der Waals surface area contributed by atoms with Gasteiger partial charge in [-0.15, -0.1) is 12.6 Å². The second-order valence-corrected chi connectivity index (χ2v) is 11.0. The van der Waals surface area contributed by atoms with Gasteiger partial charge in [0.1, 0.15) is 11.2 Å². The molecule has 0 radical (unpaired) electrons. The van der Waals surface area contributed by atoms with Crippen LogP contribution in [0, 0.1) is 0 Å². The van der Waals surface area contributed by atoms with Crippen LogP contribution < -0.4 is 0 Å². The first-order valence-electron chi connectivity index (χ1n) is 13.7. The minimum Gasteiger partial charge on any atom is -0.456 e. The van der Waals surface area contributed by atoms with E-state index >= 15 is 0 Å². The van der Waals surface area contributed by atoms with E-state index in [1.807, 2.05) is 36.5 Å². The summed E-state index contributed by atoms with van der Waals surface area (Å²) >= 11 is 4.97. The molecule has 0 aliphatic heterocycles. The van der Waals surface area contributed by atoms with Crippen LogP contribution in [0.3, 0.4) is 0 Å². The number of hydrogen-bond acceptors (Lipinski definition) is 3. The molecule has 2 heterocycles. The highest BCUT2D eigenvalue weighted by Crippen LogP contribution is 2.47. The van der Waals surface area contributed by atoms with Gasteiger partial charge in [-0.2, -0.15) is 0 Å². The zero-order valence-electron chi connectivity index (χ0n) is 21.9. The first-order chi connectivity index (χ1) is 20.3. The third-order valence-electron chi connectivity index (χ3n) is 8.31. The van der Waals surface area contributed by atoms with E-state index in [1.54, 1.807) is 0 Å². The highest BCUT2D eigenvalue weighted by atomic mass is 32.1. The average Bonchev–Trinajstić information content (AvgIpc) is 3.64. The zero-order valence-corrected chi connectivity index (χ0v) is 22.8. The molecule has 0 saturated carbocycles. The number of benzene rings is 6. The van der Waals surface area contributed by atoms with E-state index in [4.69, 9.17) is 22.0 Å². The molecule has 0 unspecified atom stereocenters. The standard InChI is InChI=1S/C37H22N2OS/c41-37-27-14-8-13-25-31(18-17-26(35(25)27)36(37)38-21-22-9-2-1-3-10-22)39-30-15-6-4-11-23(30)28-19-29-24-12-5-7-16-33(24)40-34(29)20-32(28)39/h1-21,41H. The average molecular weight is 543 g/mol. The van der Waals surface area contributed by atoms with Gasteiger partial charge in [-0.1, -0.05) is 91.0 Å². The van der Waals surface area contributed by atoms with Crippen molar-refractivity contribution in [2.45, 2.75) is 0 Å². The van der Waals surface area contributed by atoms with Crippen LogP contribution in [0.4, 0.5) is 0 Å². The van der Waals surface area contributed by atoms with Gasteiger partial charge in [0.15, 0.2) is 0 Å². The fourth-order valence-corrected chi connectivity index (χ4v) is 6.86. The Balaban J connectivity index is 1.32. The van der Waals surface area contributed by atoms with Gasteiger partial charge >= 0.3 is 0 Å². The Morgan fingerprint density at radius 2 is 1.37 bits per heavy atom. The van der Waals surface area contributed by atoms with Gasteiger partial charge < -0.3 is 8.98 Å². The number of thiol groups is 1. The number of nitrogens with zero attached hydrogens (tertiary/aromatic N) is 2. The smallest absolute Gasteiger partial charge is 0.137 e. The van der Waals surface area contributed by atoms with Gasteiger partial charge in [0.05, 0.1) is 22.4 Å². The summed E-state index contributed by atoms with van der Waals surface area (Å²) in [4.78, 5) is 5.82. The minimum atomic E-state index is 0.894. The minimum absolute atomic E-state index is 0.894. The first-order valence-corrected chi connectivity index (χ1v) is 14.1. The molecule has 3 nitrogen and oxygen atoms in total. The summed E-state index contributed by atoms with van der Waals surface area (Å²) in [6.45, 7) is 0. The lowest BCUT2D eigenvalue weighted by molar-refractivity contribution is 0.669. The lowest BCUT2D eigenvalue weighted by atomic mass is 10.0. The van der Waals surface area contributed by atoms with Crippen LogP contribution in [-0.4, -0.2) is 10.8 Å². The normalized spacial score (nSPS) is 13.3. The lowest BCUT2D eigenvalue weighted by Crippen LogP contribution is -1.96. The largest absolute Gasteiger partial charge is 0.456 e. The molecular formula is C37H22N2OS. The summed E-state index contributed by atoms with van der Waals surface area (Å²) in [5.41, 5.74) is 9.41. The van der Waals surface area contributed by atoms with Crippen molar-refractivity contribution in [3.05, 3.63) is 138 Å². The Bertz CT molecular complexity index is 2430. The van der Waals surface area contributed by atoms with E-state index in [0.29, 0.717) is 0 Å². The summed E-state index contributed by atoms with van der Waals surface area (Å²) in [7, 11) is 0. The molecule has 0 amide bonds. The monoisotopic (exact) mass is 542 g/mol. The van der Waals surface area contributed by atoms with E-state index in [2.05, 4.69) is 95.6 Å². The zero-order chi connectivity index (χ0) is 27.1. The fourth-order valence-electron chi connectivity index (χ4n) is 6.49. The summed E-state index contributed by atoms with van der Waals surface area (Å²) in [5, 5.41) is 7.07. The van der Waals surface area contributed by atoms with E-state index in [0.717, 1.165) is 60.4 Å². The summed E-state index contributed by atoms with van der Waals surface area (Å²) < 4.78 is 8.71. The number of rotatable bonds is 3. The van der Waals surface area contributed by atoms with Crippen LogP contribution in [0.25, 0.3) is 70.8 Å². The van der Waals surface area contributed by atoms with Crippen LogP contribution in [0.5, 0.6) is 0 Å². The molecule has 2 aromatic heterocycles. The van der Waals surface area contributed by atoms with Gasteiger partial charge in [-0.05, 0) is 35.4 Å². The Morgan fingerprint density at radius 3 is 2.27 bits per heavy atom. The molecule has 0 atom stereocenters. The van der Waals surface area contributed by atoms with Crippen molar-refractivity contribution in [3.8, 4) is 5.69 Å². The van der Waals surface area contributed by atoms with Gasteiger partial charge in [0.2, 0.25) is 0 Å². The molecule has 192 valence electrons. The quantitative estimate of drug-likeness (QED) is 0.175. The molecule has 0 bridgehead atoms. The number of fused-ring (bicyclic) bond motifs is 6. The van der Waals surface area contributed by atoms with E-state index < -0.39 is 0 Å². The molecule has 1 aliphatic rings. The maximum absolute atomic E-state index is 6.33.